The van der Waals surface area contributed by atoms with Gasteiger partial charge in [0, 0.05) is 31.0 Å². The molecule has 6 heteroatoms. The molecular formula is C18H23N3O3. The topological polar surface area (TPSA) is 90.4 Å². The summed E-state index contributed by atoms with van der Waals surface area (Å²) in [6.07, 6.45) is 1.29. The number of nitrogens with zero attached hydrogens (tertiary/aromatic N) is 1. The summed E-state index contributed by atoms with van der Waals surface area (Å²) in [5.74, 6) is 1.30. The molecule has 0 bridgehead atoms. The van der Waals surface area contributed by atoms with Gasteiger partial charge in [-0.2, -0.15) is 0 Å². The van der Waals surface area contributed by atoms with Crippen molar-refractivity contribution in [3.8, 4) is 11.5 Å². The Morgan fingerprint density at radius 1 is 1.33 bits per heavy atom. The Morgan fingerprint density at radius 2 is 2.08 bits per heavy atom. The third kappa shape index (κ3) is 3.20. The molecule has 1 aliphatic heterocycles. The molecule has 2 heterocycles. The molecule has 1 aromatic heterocycles. The average molecular weight is 329 g/mol. The molecule has 1 aliphatic rings. The Hall–Kier alpha value is -2.18. The number of nitrogens with two attached hydrogens (primary N) is 1. The summed E-state index contributed by atoms with van der Waals surface area (Å²) in [5, 5.41) is 2.99. The van der Waals surface area contributed by atoms with E-state index in [-0.39, 0.29) is 5.91 Å². The predicted octanol–water partition coefficient (Wildman–Crippen LogP) is 2.65. The summed E-state index contributed by atoms with van der Waals surface area (Å²) in [7, 11) is 0. The number of hydrogen-bond acceptors (Lipinski definition) is 5. The first-order valence-corrected chi connectivity index (χ1v) is 8.18. The highest BCUT2D eigenvalue weighted by Crippen LogP contribution is 2.31. The summed E-state index contributed by atoms with van der Waals surface area (Å²) in [5.41, 5.74) is 7.75. The molecule has 2 aromatic rings. The van der Waals surface area contributed by atoms with Crippen LogP contribution in [0.15, 0.2) is 28.7 Å². The van der Waals surface area contributed by atoms with Gasteiger partial charge in [-0.05, 0) is 44.9 Å². The molecule has 0 radical (unpaired) electrons. The molecule has 0 aliphatic carbocycles. The lowest BCUT2D eigenvalue weighted by Gasteiger charge is -2.34. The van der Waals surface area contributed by atoms with Gasteiger partial charge in [0.2, 0.25) is 11.8 Å². The van der Waals surface area contributed by atoms with Crippen molar-refractivity contribution >= 4 is 11.6 Å². The van der Waals surface area contributed by atoms with E-state index in [1.165, 1.54) is 0 Å². The van der Waals surface area contributed by atoms with Crippen molar-refractivity contribution in [2.75, 3.05) is 25.1 Å². The van der Waals surface area contributed by atoms with E-state index < -0.39 is 5.41 Å². The first-order chi connectivity index (χ1) is 11.5. The molecule has 1 aromatic carbocycles. The maximum Gasteiger partial charge on any atom is 0.232 e. The number of anilines is 1. The van der Waals surface area contributed by atoms with Crippen LogP contribution >= 0.6 is 0 Å². The molecule has 1 amide bonds. The number of carbonyl (C=O) groups is 1. The summed E-state index contributed by atoms with van der Waals surface area (Å²) >= 11 is 0. The molecule has 3 N–H and O–H groups in total. The van der Waals surface area contributed by atoms with Gasteiger partial charge in [0.05, 0.1) is 11.1 Å². The van der Waals surface area contributed by atoms with Crippen LogP contribution in [0.25, 0.3) is 11.5 Å². The summed E-state index contributed by atoms with van der Waals surface area (Å²) in [6, 6.07) is 7.51. The Kier molecular flexibility index (Phi) is 4.69. The minimum atomic E-state index is -0.551. The largest absolute Gasteiger partial charge is 0.441 e. The number of oxazole rings is 1. The summed E-state index contributed by atoms with van der Waals surface area (Å²) in [4.78, 5) is 17.1. The van der Waals surface area contributed by atoms with Crippen LogP contribution in [0.4, 0.5) is 5.69 Å². The van der Waals surface area contributed by atoms with Gasteiger partial charge in [0.25, 0.3) is 0 Å². The summed E-state index contributed by atoms with van der Waals surface area (Å²) < 4.78 is 11.0. The molecule has 6 nitrogen and oxygen atoms in total. The molecule has 0 atom stereocenters. The molecule has 0 saturated carbocycles. The molecule has 24 heavy (non-hydrogen) atoms. The molecule has 1 fully saturated rings. The van der Waals surface area contributed by atoms with Gasteiger partial charge in [-0.25, -0.2) is 4.98 Å². The van der Waals surface area contributed by atoms with E-state index in [1.807, 2.05) is 38.1 Å². The summed E-state index contributed by atoms with van der Waals surface area (Å²) in [6.45, 7) is 5.25. The van der Waals surface area contributed by atoms with Gasteiger partial charge < -0.3 is 20.2 Å². The third-order valence-electron chi connectivity index (χ3n) is 4.72. The molecular weight excluding hydrogens is 306 g/mol. The van der Waals surface area contributed by atoms with Crippen LogP contribution in [0, 0.1) is 19.3 Å². The maximum absolute atomic E-state index is 12.7. The second-order valence-electron chi connectivity index (χ2n) is 6.29. The minimum absolute atomic E-state index is 0.0507. The van der Waals surface area contributed by atoms with Gasteiger partial charge in [-0.3, -0.25) is 4.79 Å². The van der Waals surface area contributed by atoms with E-state index >= 15 is 0 Å². The van der Waals surface area contributed by atoms with Crippen molar-refractivity contribution < 1.29 is 13.9 Å². The van der Waals surface area contributed by atoms with Gasteiger partial charge in [0.1, 0.15) is 5.76 Å². The van der Waals surface area contributed by atoms with E-state index in [2.05, 4.69) is 10.3 Å². The van der Waals surface area contributed by atoms with Crippen LogP contribution in [0.5, 0.6) is 0 Å². The van der Waals surface area contributed by atoms with E-state index in [0.717, 1.165) is 17.0 Å². The molecule has 1 saturated heterocycles. The number of benzene rings is 1. The lowest BCUT2D eigenvalue weighted by atomic mass is 9.79. The van der Waals surface area contributed by atoms with Crippen LogP contribution in [0.1, 0.15) is 24.3 Å². The number of carbonyl (C=O) groups excluding carboxylic acids is 1. The predicted molar refractivity (Wildman–Crippen MR) is 91.6 cm³/mol. The third-order valence-corrected chi connectivity index (χ3v) is 4.72. The Balaban J connectivity index is 1.80. The fourth-order valence-corrected chi connectivity index (χ4v) is 2.88. The van der Waals surface area contributed by atoms with Crippen molar-refractivity contribution in [3.05, 3.63) is 35.7 Å². The van der Waals surface area contributed by atoms with Crippen molar-refractivity contribution in [1.29, 1.82) is 0 Å². The van der Waals surface area contributed by atoms with Gasteiger partial charge in [0.15, 0.2) is 0 Å². The van der Waals surface area contributed by atoms with Crippen molar-refractivity contribution in [3.63, 3.8) is 0 Å². The van der Waals surface area contributed by atoms with Crippen LogP contribution in [-0.2, 0) is 9.53 Å². The maximum atomic E-state index is 12.7. The highest BCUT2D eigenvalue weighted by atomic mass is 16.5. The van der Waals surface area contributed by atoms with Gasteiger partial charge >= 0.3 is 0 Å². The van der Waals surface area contributed by atoms with E-state index in [9.17, 15) is 4.79 Å². The smallest absolute Gasteiger partial charge is 0.232 e. The number of hydrogen-bond donors (Lipinski definition) is 2. The number of nitrogens with one attached hydrogen (secondary N) is 1. The minimum Gasteiger partial charge on any atom is -0.441 e. The second-order valence-corrected chi connectivity index (χ2v) is 6.29. The quantitative estimate of drug-likeness (QED) is 0.900. The Labute approximate surface area is 141 Å². The molecule has 3 rings (SSSR count). The average Bonchev–Trinajstić information content (AvgIpc) is 2.95. The zero-order valence-corrected chi connectivity index (χ0v) is 14.1. The lowest BCUT2D eigenvalue weighted by Crippen LogP contribution is -2.46. The van der Waals surface area contributed by atoms with Crippen molar-refractivity contribution in [2.24, 2.45) is 11.1 Å². The van der Waals surface area contributed by atoms with E-state index in [0.29, 0.717) is 44.2 Å². The van der Waals surface area contributed by atoms with Gasteiger partial charge in [-0.1, -0.05) is 6.07 Å². The van der Waals surface area contributed by atoms with Crippen LogP contribution < -0.4 is 11.1 Å². The fourth-order valence-electron chi connectivity index (χ4n) is 2.88. The first-order valence-electron chi connectivity index (χ1n) is 8.18. The van der Waals surface area contributed by atoms with Gasteiger partial charge in [-0.15, -0.1) is 0 Å². The Morgan fingerprint density at radius 3 is 2.71 bits per heavy atom. The highest BCUT2D eigenvalue weighted by molar-refractivity contribution is 5.96. The first kappa shape index (κ1) is 16.7. The Bertz CT molecular complexity index is 713. The normalized spacial score (nSPS) is 16.8. The molecule has 0 spiro atoms. The number of aryl methyl sites for hydroxylation is 2. The zero-order chi connectivity index (χ0) is 17.2. The van der Waals surface area contributed by atoms with E-state index in [1.54, 1.807) is 0 Å². The molecule has 128 valence electrons. The van der Waals surface area contributed by atoms with E-state index in [4.69, 9.17) is 14.9 Å². The van der Waals surface area contributed by atoms with Crippen LogP contribution in [0.2, 0.25) is 0 Å². The van der Waals surface area contributed by atoms with Crippen LogP contribution in [-0.4, -0.2) is 30.6 Å². The van der Waals surface area contributed by atoms with Crippen LogP contribution in [0.3, 0.4) is 0 Å². The number of aromatic nitrogens is 1. The van der Waals surface area contributed by atoms with Crippen molar-refractivity contribution in [1.82, 2.24) is 4.98 Å². The zero-order valence-electron chi connectivity index (χ0n) is 14.1. The second kappa shape index (κ2) is 6.75. The SMILES string of the molecule is Cc1nc(-c2cccc(NC(=O)C3(CN)CCOCC3)c2)oc1C. The monoisotopic (exact) mass is 329 g/mol. The standard InChI is InChI=1S/C18H23N3O3/c1-12-13(2)24-16(20-12)14-4-3-5-15(10-14)21-17(22)18(11-19)6-8-23-9-7-18/h3-5,10H,6-9,11,19H2,1-2H3,(H,21,22). The lowest BCUT2D eigenvalue weighted by molar-refractivity contribution is -0.130. The highest BCUT2D eigenvalue weighted by Gasteiger charge is 2.38. The van der Waals surface area contributed by atoms with Crippen molar-refractivity contribution in [2.45, 2.75) is 26.7 Å². The fraction of sp³-hybridized carbons (Fsp3) is 0.444. The number of rotatable bonds is 4. The number of ether oxygens (including phenoxy) is 1. The molecule has 0 unspecified atom stereocenters. The number of amides is 1.